The normalized spacial score (nSPS) is 15.1. The topological polar surface area (TPSA) is 120 Å². The molecule has 8 nitrogen and oxygen atoms in total. The summed E-state index contributed by atoms with van der Waals surface area (Å²) in [6.45, 7) is 0.664. The zero-order chi connectivity index (χ0) is 27.3. The summed E-state index contributed by atoms with van der Waals surface area (Å²) in [5, 5.41) is 6.48. The van der Waals surface area contributed by atoms with Crippen LogP contribution in [0.2, 0.25) is 0 Å². The number of benzene rings is 2. The number of rotatable bonds is 8. The van der Waals surface area contributed by atoms with Crippen LogP contribution in [-0.2, 0) is 20.8 Å². The Morgan fingerprint density at radius 3 is 2.61 bits per heavy atom. The average molecular weight is 588 g/mol. The number of nitrogens with one attached hydrogen (secondary N) is 3. The fourth-order valence-corrected chi connectivity index (χ4v) is 4.98. The number of piperidine rings is 1. The van der Waals surface area contributed by atoms with Crippen LogP contribution in [0, 0.1) is 11.6 Å². The van der Waals surface area contributed by atoms with Crippen LogP contribution in [0.15, 0.2) is 53.1 Å². The summed E-state index contributed by atoms with van der Waals surface area (Å²) in [5.74, 6) is -1.85. The second kappa shape index (κ2) is 11.9. The minimum atomic E-state index is -1.23. The van der Waals surface area contributed by atoms with Crippen molar-refractivity contribution in [2.24, 2.45) is 5.73 Å². The molecule has 3 aromatic rings. The Morgan fingerprint density at radius 2 is 1.89 bits per heavy atom. The highest BCUT2D eigenvalue weighted by atomic mass is 79.9. The van der Waals surface area contributed by atoms with Gasteiger partial charge in [0.25, 0.3) is 0 Å². The van der Waals surface area contributed by atoms with Gasteiger partial charge in [-0.1, -0.05) is 6.07 Å². The molecule has 0 aliphatic carbocycles. The van der Waals surface area contributed by atoms with Gasteiger partial charge in [0, 0.05) is 42.8 Å². The summed E-state index contributed by atoms with van der Waals surface area (Å²) < 4.78 is 27.5. The van der Waals surface area contributed by atoms with Crippen LogP contribution in [0.4, 0.5) is 8.78 Å². The monoisotopic (exact) mass is 587 g/mol. The number of nitrogens with zero attached hydrogens (tertiary/aromatic N) is 1. The summed E-state index contributed by atoms with van der Waals surface area (Å²) in [6, 6.07) is 8.83. The lowest BCUT2D eigenvalue weighted by Gasteiger charge is -2.40. The Balaban J connectivity index is 1.45. The van der Waals surface area contributed by atoms with Gasteiger partial charge in [0.2, 0.25) is 17.7 Å². The quantitative estimate of drug-likeness (QED) is 0.303. The van der Waals surface area contributed by atoms with Crippen molar-refractivity contribution in [1.29, 1.82) is 0 Å². The maximum atomic E-state index is 13.7. The van der Waals surface area contributed by atoms with Crippen LogP contribution in [-0.4, -0.2) is 59.3 Å². The molecule has 2 heterocycles. The Kier molecular flexibility index (Phi) is 8.58. The van der Waals surface area contributed by atoms with Gasteiger partial charge >= 0.3 is 0 Å². The van der Waals surface area contributed by atoms with Crippen LogP contribution < -0.4 is 16.4 Å². The van der Waals surface area contributed by atoms with Crippen molar-refractivity contribution in [3.63, 3.8) is 0 Å². The molecule has 0 radical (unpaired) electrons. The number of nitrogens with two attached hydrogens (primary N) is 1. The molecular formula is C27H28BrF2N5O3. The number of amides is 3. The van der Waals surface area contributed by atoms with Gasteiger partial charge in [-0.2, -0.15) is 0 Å². The van der Waals surface area contributed by atoms with Gasteiger partial charge in [-0.05, 0) is 82.7 Å². The Hall–Kier alpha value is -3.57. The summed E-state index contributed by atoms with van der Waals surface area (Å²) >= 11 is 3.11. The van der Waals surface area contributed by atoms with Crippen LogP contribution in [0.25, 0.3) is 17.0 Å². The third-order valence-corrected chi connectivity index (χ3v) is 7.33. The first kappa shape index (κ1) is 27.5. The highest BCUT2D eigenvalue weighted by molar-refractivity contribution is 9.10. The second-order valence-electron chi connectivity index (χ2n) is 9.17. The number of aromatic amines is 1. The summed E-state index contributed by atoms with van der Waals surface area (Å²) in [7, 11) is 0. The zero-order valence-corrected chi connectivity index (χ0v) is 22.1. The number of H-pyrrole nitrogens is 1. The minimum absolute atomic E-state index is 0.132. The molecular weight excluding hydrogens is 560 g/mol. The van der Waals surface area contributed by atoms with Crippen LogP contribution in [0.3, 0.4) is 0 Å². The first-order valence-corrected chi connectivity index (χ1v) is 13.0. The van der Waals surface area contributed by atoms with Gasteiger partial charge in [0.15, 0.2) is 0 Å². The van der Waals surface area contributed by atoms with Gasteiger partial charge in [-0.15, -0.1) is 0 Å². The molecule has 0 atom stereocenters. The Morgan fingerprint density at radius 1 is 1.13 bits per heavy atom. The second-order valence-corrected chi connectivity index (χ2v) is 10.0. The van der Waals surface area contributed by atoms with Crippen LogP contribution in [0.1, 0.15) is 24.0 Å². The molecule has 4 rings (SSSR count). The van der Waals surface area contributed by atoms with E-state index >= 15 is 0 Å². The number of fused-ring (bicyclic) bond motifs is 1. The predicted molar refractivity (Wildman–Crippen MR) is 144 cm³/mol. The van der Waals surface area contributed by atoms with Crippen molar-refractivity contribution in [1.82, 2.24) is 20.5 Å². The van der Waals surface area contributed by atoms with Gasteiger partial charge in [0.05, 0.1) is 11.0 Å². The van der Waals surface area contributed by atoms with E-state index in [4.69, 9.17) is 5.73 Å². The lowest BCUT2D eigenvalue weighted by molar-refractivity contribution is -0.138. The molecule has 200 valence electrons. The van der Waals surface area contributed by atoms with Crippen LogP contribution in [0.5, 0.6) is 0 Å². The molecule has 0 spiro atoms. The molecule has 11 heteroatoms. The number of carbonyl (C=O) groups is 3. The van der Waals surface area contributed by atoms with E-state index in [-0.39, 0.29) is 61.1 Å². The van der Waals surface area contributed by atoms with Crippen molar-refractivity contribution in [2.75, 3.05) is 26.2 Å². The third-order valence-electron chi connectivity index (χ3n) is 6.72. The molecule has 1 aromatic heterocycles. The van der Waals surface area contributed by atoms with Crippen molar-refractivity contribution in [3.05, 3.63) is 75.9 Å². The lowest BCUT2D eigenvalue weighted by Crippen LogP contribution is -2.64. The molecule has 5 N–H and O–H groups in total. The largest absolute Gasteiger partial charge is 0.361 e. The highest BCUT2D eigenvalue weighted by Gasteiger charge is 2.43. The molecule has 3 amide bonds. The molecule has 0 unspecified atom stereocenters. The van der Waals surface area contributed by atoms with Crippen molar-refractivity contribution < 1.29 is 23.2 Å². The van der Waals surface area contributed by atoms with Crippen LogP contribution >= 0.6 is 15.9 Å². The van der Waals surface area contributed by atoms with E-state index in [9.17, 15) is 23.2 Å². The number of carbonyl (C=O) groups excluding carboxylic acids is 3. The van der Waals surface area contributed by atoms with Gasteiger partial charge in [0.1, 0.15) is 17.2 Å². The van der Waals surface area contributed by atoms with Crippen molar-refractivity contribution in [2.45, 2.75) is 24.8 Å². The van der Waals surface area contributed by atoms with E-state index in [1.807, 2.05) is 0 Å². The molecule has 0 saturated carbocycles. The number of likely N-dealkylation sites (tertiary alicyclic amines) is 1. The maximum absolute atomic E-state index is 13.7. The zero-order valence-electron chi connectivity index (χ0n) is 20.5. The SMILES string of the molecule is NCC(=O)N1CCC(NC(=O)/C=C/c2ccc(F)c(Br)c2)(C(=O)NCCc2c[nH]c3ccc(F)cc23)CC1. The highest BCUT2D eigenvalue weighted by Crippen LogP contribution is 2.24. The average Bonchev–Trinajstić information content (AvgIpc) is 3.31. The van der Waals surface area contributed by atoms with E-state index in [0.717, 1.165) is 16.5 Å². The number of hydrogen-bond acceptors (Lipinski definition) is 4. The smallest absolute Gasteiger partial charge is 0.245 e. The molecule has 1 aliphatic heterocycles. The van der Waals surface area contributed by atoms with E-state index in [1.165, 1.54) is 42.5 Å². The molecule has 38 heavy (non-hydrogen) atoms. The Labute approximate surface area is 226 Å². The summed E-state index contributed by atoms with van der Waals surface area (Å²) in [6.07, 6.45) is 5.47. The number of aromatic nitrogens is 1. The first-order chi connectivity index (χ1) is 18.2. The third kappa shape index (κ3) is 6.28. The standard InChI is InChI=1S/C27H28BrF2N5O3/c28-21-13-17(1-4-22(21)30)2-6-24(36)34-27(8-11-35(12-9-27)25(37)15-31)26(38)32-10-7-18-16-33-23-5-3-19(29)14-20(18)23/h1-6,13-14,16,33H,7-12,15,31H2,(H,32,38)(H,34,36)/b6-2+. The van der Waals surface area contributed by atoms with E-state index in [0.29, 0.717) is 12.0 Å². The lowest BCUT2D eigenvalue weighted by atomic mass is 9.86. The first-order valence-electron chi connectivity index (χ1n) is 12.2. The molecule has 2 aromatic carbocycles. The van der Waals surface area contributed by atoms with E-state index in [1.54, 1.807) is 17.2 Å². The van der Waals surface area contributed by atoms with Crippen molar-refractivity contribution in [3.8, 4) is 0 Å². The summed E-state index contributed by atoms with van der Waals surface area (Å²) in [5.41, 5.74) is 6.51. The van der Waals surface area contributed by atoms with Gasteiger partial charge in [-0.25, -0.2) is 8.78 Å². The molecule has 1 saturated heterocycles. The fourth-order valence-electron chi connectivity index (χ4n) is 4.58. The fraction of sp³-hybridized carbons (Fsp3) is 0.296. The molecule has 0 bridgehead atoms. The van der Waals surface area contributed by atoms with Gasteiger partial charge < -0.3 is 26.3 Å². The van der Waals surface area contributed by atoms with Gasteiger partial charge in [-0.3, -0.25) is 14.4 Å². The number of hydrogen-bond donors (Lipinski definition) is 4. The molecule has 1 fully saturated rings. The molecule has 1 aliphatic rings. The predicted octanol–water partition coefficient (Wildman–Crippen LogP) is 3.02. The maximum Gasteiger partial charge on any atom is 0.245 e. The minimum Gasteiger partial charge on any atom is -0.361 e. The number of halogens is 3. The Bertz CT molecular complexity index is 1380. The van der Waals surface area contributed by atoms with Crippen molar-refractivity contribution >= 4 is 50.6 Å². The van der Waals surface area contributed by atoms with E-state index < -0.39 is 17.3 Å². The van der Waals surface area contributed by atoms with E-state index in [2.05, 4.69) is 31.5 Å². The summed E-state index contributed by atoms with van der Waals surface area (Å²) in [4.78, 5) is 43.0.